The number of benzene rings is 1. The lowest BCUT2D eigenvalue weighted by molar-refractivity contribution is -0.385. The van der Waals surface area contributed by atoms with E-state index in [1.165, 1.54) is 23.1 Å². The molecule has 2 unspecified atom stereocenters. The molecule has 0 aromatic heterocycles. The van der Waals surface area contributed by atoms with Gasteiger partial charge in [-0.1, -0.05) is 13.0 Å². The third-order valence-corrected chi connectivity index (χ3v) is 3.69. The molecule has 1 aromatic rings. The summed E-state index contributed by atoms with van der Waals surface area (Å²) in [5.41, 5.74) is 5.39. The number of rotatable bonds is 2. The van der Waals surface area contributed by atoms with Crippen LogP contribution in [-0.2, 0) is 0 Å². The summed E-state index contributed by atoms with van der Waals surface area (Å²) in [6.45, 7) is 2.54. The molecule has 3 N–H and O–H groups in total. The highest BCUT2D eigenvalue weighted by Gasteiger charge is 2.32. The van der Waals surface area contributed by atoms with E-state index in [1.54, 1.807) is 0 Å². The van der Waals surface area contributed by atoms with Gasteiger partial charge in [0.1, 0.15) is 5.56 Å². The molecule has 1 saturated heterocycles. The largest absolute Gasteiger partial charge is 0.398 e. The van der Waals surface area contributed by atoms with Crippen LogP contribution in [0.4, 0.5) is 11.4 Å². The van der Waals surface area contributed by atoms with Crippen LogP contribution < -0.4 is 5.73 Å². The number of nitrogen functional groups attached to an aromatic ring is 1. The second-order valence-electron chi connectivity index (χ2n) is 5.08. The van der Waals surface area contributed by atoms with E-state index in [1.807, 2.05) is 6.92 Å². The average molecular weight is 279 g/mol. The van der Waals surface area contributed by atoms with Crippen molar-refractivity contribution in [3.05, 3.63) is 33.9 Å². The van der Waals surface area contributed by atoms with Crippen LogP contribution in [0.2, 0.25) is 0 Å². The van der Waals surface area contributed by atoms with Gasteiger partial charge in [0.2, 0.25) is 0 Å². The Balaban J connectivity index is 2.32. The Morgan fingerprint density at radius 3 is 2.85 bits per heavy atom. The molecule has 20 heavy (non-hydrogen) atoms. The fourth-order valence-electron chi connectivity index (χ4n) is 2.33. The number of aliphatic hydroxyl groups excluding tert-OH is 1. The highest BCUT2D eigenvalue weighted by atomic mass is 16.6. The predicted molar refractivity (Wildman–Crippen MR) is 73.2 cm³/mol. The molecule has 1 fully saturated rings. The van der Waals surface area contributed by atoms with E-state index in [2.05, 4.69) is 0 Å². The molecular formula is C13H17N3O4. The maximum atomic E-state index is 12.4. The summed E-state index contributed by atoms with van der Waals surface area (Å²) in [5, 5.41) is 20.8. The first-order valence-electron chi connectivity index (χ1n) is 6.42. The van der Waals surface area contributed by atoms with E-state index in [4.69, 9.17) is 5.73 Å². The molecule has 2 atom stereocenters. The minimum Gasteiger partial charge on any atom is -0.398 e. The van der Waals surface area contributed by atoms with Gasteiger partial charge in [-0.2, -0.15) is 0 Å². The van der Waals surface area contributed by atoms with Gasteiger partial charge in [0.15, 0.2) is 0 Å². The van der Waals surface area contributed by atoms with E-state index in [-0.39, 0.29) is 29.4 Å². The molecule has 7 nitrogen and oxygen atoms in total. The molecule has 0 saturated carbocycles. The monoisotopic (exact) mass is 279 g/mol. The third kappa shape index (κ3) is 2.57. The SMILES string of the molecule is CC1CCN(C(=O)c2c(N)cccc2[N+](=O)[O-])CC1O. The first-order valence-corrected chi connectivity index (χ1v) is 6.42. The molecule has 7 heteroatoms. The van der Waals surface area contributed by atoms with Crippen LogP contribution in [0.3, 0.4) is 0 Å². The van der Waals surface area contributed by atoms with Crippen molar-refractivity contribution >= 4 is 17.3 Å². The quantitative estimate of drug-likeness (QED) is 0.477. The minimum absolute atomic E-state index is 0.0808. The molecule has 1 heterocycles. The van der Waals surface area contributed by atoms with Crippen molar-refractivity contribution in [1.82, 2.24) is 4.90 Å². The van der Waals surface area contributed by atoms with Crippen molar-refractivity contribution in [2.24, 2.45) is 5.92 Å². The summed E-state index contributed by atoms with van der Waals surface area (Å²) in [4.78, 5) is 24.2. The normalized spacial score (nSPS) is 22.6. The van der Waals surface area contributed by atoms with Crippen molar-refractivity contribution in [2.45, 2.75) is 19.4 Å². The Labute approximate surface area is 116 Å². The lowest BCUT2D eigenvalue weighted by Gasteiger charge is -2.34. The summed E-state index contributed by atoms with van der Waals surface area (Å²) >= 11 is 0. The zero-order chi connectivity index (χ0) is 14.9. The van der Waals surface area contributed by atoms with E-state index in [0.29, 0.717) is 13.0 Å². The van der Waals surface area contributed by atoms with Crippen LogP contribution in [0, 0.1) is 16.0 Å². The second kappa shape index (κ2) is 5.46. The molecular weight excluding hydrogens is 262 g/mol. The number of carbonyl (C=O) groups excluding carboxylic acids is 1. The first kappa shape index (κ1) is 14.3. The number of piperidine rings is 1. The molecule has 0 aliphatic carbocycles. The van der Waals surface area contributed by atoms with Gasteiger partial charge in [0, 0.05) is 19.2 Å². The van der Waals surface area contributed by atoms with Crippen molar-refractivity contribution < 1.29 is 14.8 Å². The van der Waals surface area contributed by atoms with Gasteiger partial charge >= 0.3 is 0 Å². The number of nitro benzene ring substituents is 1. The standard InChI is InChI=1S/C13H17N3O4/c1-8-5-6-15(7-11(8)17)13(18)12-9(14)3-2-4-10(12)16(19)20/h2-4,8,11,17H,5-7,14H2,1H3. The van der Waals surface area contributed by atoms with Gasteiger partial charge in [-0.3, -0.25) is 14.9 Å². The van der Waals surface area contributed by atoms with Crippen molar-refractivity contribution in [3.63, 3.8) is 0 Å². The molecule has 1 aromatic carbocycles. The maximum absolute atomic E-state index is 12.4. The highest BCUT2D eigenvalue weighted by Crippen LogP contribution is 2.27. The van der Waals surface area contributed by atoms with Gasteiger partial charge in [0.25, 0.3) is 11.6 Å². The molecule has 0 bridgehead atoms. The Morgan fingerprint density at radius 1 is 1.55 bits per heavy atom. The number of carbonyl (C=O) groups is 1. The molecule has 1 amide bonds. The fourth-order valence-corrected chi connectivity index (χ4v) is 2.33. The summed E-state index contributed by atoms with van der Waals surface area (Å²) in [7, 11) is 0. The number of β-amino-alcohol motifs (C(OH)–C–C–N with tert-alkyl or cyclic N) is 1. The Morgan fingerprint density at radius 2 is 2.25 bits per heavy atom. The van der Waals surface area contributed by atoms with Crippen molar-refractivity contribution in [3.8, 4) is 0 Å². The van der Waals surface area contributed by atoms with Crippen molar-refractivity contribution in [1.29, 1.82) is 0 Å². The van der Waals surface area contributed by atoms with Crippen molar-refractivity contribution in [2.75, 3.05) is 18.8 Å². The Bertz CT molecular complexity index is 546. The van der Waals surface area contributed by atoms with Crippen LogP contribution >= 0.6 is 0 Å². The molecule has 0 spiro atoms. The number of amides is 1. The van der Waals surface area contributed by atoms with Gasteiger partial charge in [-0.25, -0.2) is 0 Å². The number of anilines is 1. The molecule has 0 radical (unpaired) electrons. The maximum Gasteiger partial charge on any atom is 0.284 e. The number of nitro groups is 1. The summed E-state index contributed by atoms with van der Waals surface area (Å²) in [6.07, 6.45) is 0.0460. The van der Waals surface area contributed by atoms with Crippen LogP contribution in [-0.4, -0.2) is 40.0 Å². The van der Waals surface area contributed by atoms with Gasteiger partial charge in [-0.15, -0.1) is 0 Å². The highest BCUT2D eigenvalue weighted by molar-refractivity contribution is 6.03. The van der Waals surface area contributed by atoms with Gasteiger partial charge < -0.3 is 15.7 Å². The number of nitrogens with two attached hydrogens (primary N) is 1. The first-order chi connectivity index (χ1) is 9.41. The Hall–Kier alpha value is -2.15. The van der Waals surface area contributed by atoms with Crippen LogP contribution in [0.5, 0.6) is 0 Å². The minimum atomic E-state index is -0.618. The third-order valence-electron chi connectivity index (χ3n) is 3.69. The number of aliphatic hydroxyl groups is 1. The summed E-state index contributed by atoms with van der Waals surface area (Å²) < 4.78 is 0. The lowest BCUT2D eigenvalue weighted by Crippen LogP contribution is -2.46. The predicted octanol–water partition coefficient (Wildman–Crippen LogP) is 1.02. The Kier molecular flexibility index (Phi) is 3.89. The zero-order valence-electron chi connectivity index (χ0n) is 11.2. The number of hydrogen-bond acceptors (Lipinski definition) is 5. The van der Waals surface area contributed by atoms with E-state index in [0.717, 1.165) is 0 Å². The molecule has 2 rings (SSSR count). The summed E-state index contributed by atoms with van der Waals surface area (Å²) in [5.74, 6) is -0.386. The molecule has 1 aliphatic heterocycles. The molecule has 108 valence electrons. The topological polar surface area (TPSA) is 110 Å². The lowest BCUT2D eigenvalue weighted by atomic mass is 9.95. The van der Waals surface area contributed by atoms with Crippen LogP contribution in [0.15, 0.2) is 18.2 Å². The molecule has 1 aliphatic rings. The van der Waals surface area contributed by atoms with E-state index in [9.17, 15) is 20.0 Å². The number of likely N-dealkylation sites (tertiary alicyclic amines) is 1. The average Bonchev–Trinajstić information content (AvgIpc) is 2.40. The number of hydrogen-bond donors (Lipinski definition) is 2. The zero-order valence-corrected chi connectivity index (χ0v) is 11.2. The summed E-state index contributed by atoms with van der Waals surface area (Å²) in [6, 6.07) is 4.16. The van der Waals surface area contributed by atoms with Gasteiger partial charge in [-0.05, 0) is 18.4 Å². The van der Waals surface area contributed by atoms with E-state index >= 15 is 0 Å². The van der Waals surface area contributed by atoms with Crippen LogP contribution in [0.1, 0.15) is 23.7 Å². The fraction of sp³-hybridized carbons (Fsp3) is 0.462. The smallest absolute Gasteiger partial charge is 0.284 e. The number of nitrogens with zero attached hydrogens (tertiary/aromatic N) is 2. The van der Waals surface area contributed by atoms with Crippen LogP contribution in [0.25, 0.3) is 0 Å². The van der Waals surface area contributed by atoms with Gasteiger partial charge in [0.05, 0.1) is 16.7 Å². The second-order valence-corrected chi connectivity index (χ2v) is 5.08. The van der Waals surface area contributed by atoms with E-state index < -0.39 is 16.9 Å².